The lowest BCUT2D eigenvalue weighted by atomic mass is 10.2. The highest BCUT2D eigenvalue weighted by molar-refractivity contribution is 7.98. The van der Waals surface area contributed by atoms with Crippen LogP contribution in [0.4, 0.5) is 5.69 Å². The molecule has 0 saturated heterocycles. The van der Waals surface area contributed by atoms with Crippen molar-refractivity contribution in [1.82, 2.24) is 9.61 Å². The second-order valence-electron chi connectivity index (χ2n) is 3.36. The highest BCUT2D eigenvalue weighted by Gasteiger charge is 2.21. The van der Waals surface area contributed by atoms with Crippen molar-refractivity contribution in [3.63, 3.8) is 0 Å². The van der Waals surface area contributed by atoms with Crippen LogP contribution in [-0.2, 0) is 4.74 Å². The number of thioether (sulfide) groups is 1. The summed E-state index contributed by atoms with van der Waals surface area (Å²) < 4.78 is 6.64. The van der Waals surface area contributed by atoms with E-state index in [0.29, 0.717) is 28.4 Å². The third-order valence-corrected chi connectivity index (χ3v) is 3.00. The molecule has 0 atom stereocenters. The molecule has 0 aliphatic heterocycles. The first kappa shape index (κ1) is 11.8. The molecule has 17 heavy (non-hydrogen) atoms. The summed E-state index contributed by atoms with van der Waals surface area (Å²) >= 11 is 1.40. The second kappa shape index (κ2) is 4.67. The Morgan fingerprint density at radius 1 is 1.65 bits per heavy atom. The molecule has 0 aliphatic rings. The number of anilines is 1. The zero-order valence-corrected chi connectivity index (χ0v) is 10.5. The molecule has 0 unspecified atom stereocenters. The van der Waals surface area contributed by atoms with Gasteiger partial charge < -0.3 is 10.5 Å². The number of carbonyl (C=O) groups excluding carboxylic acids is 1. The molecule has 0 saturated carbocycles. The Morgan fingerprint density at radius 3 is 3.06 bits per heavy atom. The van der Waals surface area contributed by atoms with Crippen molar-refractivity contribution in [2.75, 3.05) is 18.6 Å². The molecule has 6 heteroatoms. The van der Waals surface area contributed by atoms with Gasteiger partial charge in [-0.2, -0.15) is 5.10 Å². The largest absolute Gasteiger partial charge is 0.462 e. The van der Waals surface area contributed by atoms with Gasteiger partial charge in [-0.15, -0.1) is 11.8 Å². The van der Waals surface area contributed by atoms with Crippen LogP contribution >= 0.6 is 11.8 Å². The van der Waals surface area contributed by atoms with E-state index in [-0.39, 0.29) is 5.97 Å². The number of rotatable bonds is 3. The molecule has 0 aromatic carbocycles. The molecule has 0 amide bonds. The van der Waals surface area contributed by atoms with Gasteiger partial charge in [0, 0.05) is 6.20 Å². The molecular formula is C11H13N3O2S. The van der Waals surface area contributed by atoms with E-state index in [4.69, 9.17) is 10.5 Å². The maximum atomic E-state index is 11.9. The van der Waals surface area contributed by atoms with Crippen molar-refractivity contribution in [2.24, 2.45) is 0 Å². The number of hydrogen-bond donors (Lipinski definition) is 1. The normalized spacial score (nSPS) is 10.7. The molecule has 0 aliphatic carbocycles. The van der Waals surface area contributed by atoms with Gasteiger partial charge in [-0.3, -0.25) is 0 Å². The van der Waals surface area contributed by atoms with Crippen LogP contribution in [0, 0.1) is 0 Å². The van der Waals surface area contributed by atoms with Crippen molar-refractivity contribution in [3.05, 3.63) is 23.9 Å². The first-order valence-corrected chi connectivity index (χ1v) is 6.39. The molecule has 2 N–H and O–H groups in total. The summed E-state index contributed by atoms with van der Waals surface area (Å²) in [6, 6.07) is 3.53. The third-order valence-electron chi connectivity index (χ3n) is 2.33. The number of aromatic nitrogens is 2. The number of carbonyl (C=O) groups is 1. The van der Waals surface area contributed by atoms with E-state index in [1.807, 2.05) is 6.26 Å². The molecule has 2 aromatic heterocycles. The fourth-order valence-corrected chi connectivity index (χ4v) is 2.19. The van der Waals surface area contributed by atoms with Crippen LogP contribution < -0.4 is 5.73 Å². The van der Waals surface area contributed by atoms with Gasteiger partial charge in [0.15, 0.2) is 0 Å². The number of nitrogen functional groups attached to an aromatic ring is 1. The van der Waals surface area contributed by atoms with Gasteiger partial charge >= 0.3 is 5.97 Å². The molecule has 2 heterocycles. The summed E-state index contributed by atoms with van der Waals surface area (Å²) in [4.78, 5) is 11.9. The van der Waals surface area contributed by atoms with Gasteiger partial charge in [-0.25, -0.2) is 9.31 Å². The zero-order chi connectivity index (χ0) is 12.4. The van der Waals surface area contributed by atoms with E-state index in [1.165, 1.54) is 11.8 Å². The lowest BCUT2D eigenvalue weighted by molar-refractivity contribution is 0.0524. The quantitative estimate of drug-likeness (QED) is 0.665. The summed E-state index contributed by atoms with van der Waals surface area (Å²) in [6.07, 6.45) is 3.62. The number of hydrogen-bond acceptors (Lipinski definition) is 5. The van der Waals surface area contributed by atoms with Gasteiger partial charge in [0.1, 0.15) is 16.1 Å². The van der Waals surface area contributed by atoms with E-state index in [1.54, 1.807) is 29.8 Å². The zero-order valence-electron chi connectivity index (χ0n) is 9.64. The first-order chi connectivity index (χ1) is 8.19. The number of pyridine rings is 1. The highest BCUT2D eigenvalue weighted by Crippen LogP contribution is 2.27. The standard InChI is InChI=1S/C11H13N3O2S/c1-3-16-11(15)8-9-7(12)5-4-6-14(9)13-10(8)17-2/h4-6H,3,12H2,1-2H3. The van der Waals surface area contributed by atoms with Gasteiger partial charge in [0.25, 0.3) is 0 Å². The Kier molecular flexibility index (Phi) is 3.23. The van der Waals surface area contributed by atoms with E-state index in [9.17, 15) is 4.79 Å². The van der Waals surface area contributed by atoms with Gasteiger partial charge in [0.05, 0.1) is 12.3 Å². The van der Waals surface area contributed by atoms with Crippen molar-refractivity contribution < 1.29 is 9.53 Å². The topological polar surface area (TPSA) is 69.6 Å². The Hall–Kier alpha value is -1.69. The minimum atomic E-state index is -0.384. The average Bonchev–Trinajstić information content (AvgIpc) is 2.69. The van der Waals surface area contributed by atoms with Gasteiger partial charge in [0.2, 0.25) is 0 Å². The van der Waals surface area contributed by atoms with E-state index in [0.717, 1.165) is 0 Å². The highest BCUT2D eigenvalue weighted by atomic mass is 32.2. The Labute approximate surface area is 103 Å². The number of ether oxygens (including phenoxy) is 1. The van der Waals surface area contributed by atoms with Crippen molar-refractivity contribution in [1.29, 1.82) is 0 Å². The molecule has 5 nitrogen and oxygen atoms in total. The van der Waals surface area contributed by atoms with Crippen LogP contribution in [0.3, 0.4) is 0 Å². The maximum absolute atomic E-state index is 11.9. The van der Waals surface area contributed by atoms with Crippen LogP contribution in [0.1, 0.15) is 17.3 Å². The molecule has 2 rings (SSSR count). The number of nitrogens with zero attached hydrogens (tertiary/aromatic N) is 2. The Morgan fingerprint density at radius 2 is 2.41 bits per heavy atom. The minimum absolute atomic E-state index is 0.330. The lowest BCUT2D eigenvalue weighted by Crippen LogP contribution is -2.06. The van der Waals surface area contributed by atoms with Crippen molar-refractivity contribution in [2.45, 2.75) is 11.9 Å². The predicted molar refractivity (Wildman–Crippen MR) is 67.3 cm³/mol. The molecule has 0 radical (unpaired) electrons. The average molecular weight is 251 g/mol. The summed E-state index contributed by atoms with van der Waals surface area (Å²) in [7, 11) is 0. The van der Waals surface area contributed by atoms with Gasteiger partial charge in [-0.05, 0) is 25.3 Å². The molecule has 2 aromatic rings. The number of esters is 1. The second-order valence-corrected chi connectivity index (χ2v) is 4.16. The molecule has 0 spiro atoms. The number of nitrogens with two attached hydrogens (primary N) is 1. The van der Waals surface area contributed by atoms with E-state index < -0.39 is 0 Å². The Bertz CT molecular complexity index is 565. The maximum Gasteiger partial charge on any atom is 0.343 e. The van der Waals surface area contributed by atoms with Crippen LogP contribution in [0.2, 0.25) is 0 Å². The summed E-state index contributed by atoms with van der Waals surface area (Å²) in [5.41, 5.74) is 7.45. The predicted octanol–water partition coefficient (Wildman–Crippen LogP) is 1.82. The molecule has 90 valence electrons. The fraction of sp³-hybridized carbons (Fsp3) is 0.273. The third kappa shape index (κ3) is 1.95. The van der Waals surface area contributed by atoms with Crippen LogP contribution in [0.25, 0.3) is 5.52 Å². The lowest BCUT2D eigenvalue weighted by Gasteiger charge is -2.02. The van der Waals surface area contributed by atoms with Crippen LogP contribution in [-0.4, -0.2) is 28.4 Å². The monoisotopic (exact) mass is 251 g/mol. The van der Waals surface area contributed by atoms with Crippen LogP contribution in [0.15, 0.2) is 23.4 Å². The SMILES string of the molecule is CCOC(=O)c1c(SC)nn2cccc(N)c12. The van der Waals surface area contributed by atoms with Gasteiger partial charge in [-0.1, -0.05) is 0 Å². The van der Waals surface area contributed by atoms with Crippen molar-refractivity contribution in [3.8, 4) is 0 Å². The van der Waals surface area contributed by atoms with Crippen molar-refractivity contribution >= 4 is 28.9 Å². The summed E-state index contributed by atoms with van der Waals surface area (Å²) in [5, 5.41) is 4.92. The van der Waals surface area contributed by atoms with E-state index in [2.05, 4.69) is 5.10 Å². The smallest absolute Gasteiger partial charge is 0.343 e. The molecule has 0 bridgehead atoms. The first-order valence-electron chi connectivity index (χ1n) is 5.17. The minimum Gasteiger partial charge on any atom is -0.462 e. The number of fused-ring (bicyclic) bond motifs is 1. The van der Waals surface area contributed by atoms with E-state index >= 15 is 0 Å². The van der Waals surface area contributed by atoms with Crippen LogP contribution in [0.5, 0.6) is 0 Å². The molecular weight excluding hydrogens is 238 g/mol. The fourth-order valence-electron chi connectivity index (χ4n) is 1.64. The Balaban J connectivity index is 2.69. The summed E-state index contributed by atoms with van der Waals surface area (Å²) in [5.74, 6) is -0.384. The summed E-state index contributed by atoms with van der Waals surface area (Å²) in [6.45, 7) is 2.10. The molecule has 0 fully saturated rings.